The van der Waals surface area contributed by atoms with Gasteiger partial charge >= 0.3 is 0 Å². The Balaban J connectivity index is 1.53. The van der Waals surface area contributed by atoms with E-state index < -0.39 is 0 Å². The Bertz CT molecular complexity index is 1330. The Morgan fingerprint density at radius 3 is 2.10 bits per heavy atom. The highest BCUT2D eigenvalue weighted by Gasteiger charge is 2.42. The number of benzene rings is 2. The van der Waals surface area contributed by atoms with Gasteiger partial charge in [0.25, 0.3) is 0 Å². The molecule has 0 saturated heterocycles. The average Bonchev–Trinajstić information content (AvgIpc) is 3.45. The first kappa shape index (κ1) is 27.4. The molecule has 3 aromatic rings. The summed E-state index contributed by atoms with van der Waals surface area (Å²) in [7, 11) is 0. The molecule has 0 radical (unpaired) electrons. The van der Waals surface area contributed by atoms with Crippen LogP contribution < -0.4 is 15.2 Å². The third kappa shape index (κ3) is 5.49. The zero-order chi connectivity index (χ0) is 27.2. The van der Waals surface area contributed by atoms with Crippen molar-refractivity contribution in [3.63, 3.8) is 0 Å². The maximum absolute atomic E-state index is 11.6. The number of anilines is 1. The summed E-state index contributed by atoms with van der Waals surface area (Å²) in [4.78, 5) is 17.8. The molecule has 0 amide bonds. The summed E-state index contributed by atoms with van der Waals surface area (Å²) in [5.41, 5.74) is 13.5. The quantitative estimate of drug-likeness (QED) is 0.101. The number of fused-ring (bicyclic) bond motifs is 4. The molecule has 1 aromatic heterocycles. The maximum Gasteiger partial charge on any atom is 0.183 e. The summed E-state index contributed by atoms with van der Waals surface area (Å²) >= 11 is 1.36. The molecule has 2 N–H and O–H groups in total. The maximum atomic E-state index is 11.6. The van der Waals surface area contributed by atoms with E-state index in [0.29, 0.717) is 29.6 Å². The van der Waals surface area contributed by atoms with Crippen molar-refractivity contribution in [2.45, 2.75) is 83.5 Å². The van der Waals surface area contributed by atoms with Crippen molar-refractivity contribution in [3.05, 3.63) is 57.3 Å². The lowest BCUT2D eigenvalue weighted by Gasteiger charge is -2.33. The Kier molecular flexibility index (Phi) is 8.71. The van der Waals surface area contributed by atoms with Gasteiger partial charge < -0.3 is 15.2 Å². The number of carbonyl (C=O) groups is 1. The van der Waals surface area contributed by atoms with Gasteiger partial charge in [-0.1, -0.05) is 77.3 Å². The minimum absolute atomic E-state index is 0.0448. The van der Waals surface area contributed by atoms with Crippen molar-refractivity contribution < 1.29 is 14.3 Å². The van der Waals surface area contributed by atoms with Gasteiger partial charge in [0, 0.05) is 17.3 Å². The fourth-order valence-corrected chi connectivity index (χ4v) is 7.12. The standard InChI is InChI=1S/C33H40N2O3S/c1-3-5-7-9-15-33(16-10-8-6-4-2)27-19-23(34)11-13-25(27)26-14-12-24(20-28(26)33)35-21-29-31-32(30(22-36)39-29)38-18-17-37-31/h11-14,19-22H,3-10,15-18,34H2,1-2H3. The zero-order valence-electron chi connectivity index (χ0n) is 23.3. The molecule has 2 aromatic carbocycles. The topological polar surface area (TPSA) is 73.9 Å². The van der Waals surface area contributed by atoms with Crippen LogP contribution in [0.25, 0.3) is 11.1 Å². The van der Waals surface area contributed by atoms with Crippen molar-refractivity contribution in [1.29, 1.82) is 0 Å². The smallest absolute Gasteiger partial charge is 0.183 e. The molecule has 0 unspecified atom stereocenters. The van der Waals surface area contributed by atoms with E-state index in [4.69, 9.17) is 20.2 Å². The Hall–Kier alpha value is -3.12. The van der Waals surface area contributed by atoms with E-state index >= 15 is 0 Å². The van der Waals surface area contributed by atoms with E-state index in [2.05, 4.69) is 44.2 Å². The molecular weight excluding hydrogens is 504 g/mol. The number of nitrogens with two attached hydrogens (primary N) is 1. The Labute approximate surface area is 236 Å². The van der Waals surface area contributed by atoms with Crippen LogP contribution in [0.3, 0.4) is 0 Å². The number of aldehydes is 1. The molecule has 39 heavy (non-hydrogen) atoms. The molecule has 5 rings (SSSR count). The molecule has 0 atom stereocenters. The summed E-state index contributed by atoms with van der Waals surface area (Å²) in [5.74, 6) is 1.17. The van der Waals surface area contributed by atoms with Gasteiger partial charge in [-0.05, 0) is 59.4 Å². The number of rotatable bonds is 13. The highest BCUT2D eigenvalue weighted by molar-refractivity contribution is 7.16. The first-order valence-electron chi connectivity index (χ1n) is 14.6. The van der Waals surface area contributed by atoms with Gasteiger partial charge in [-0.25, -0.2) is 0 Å². The van der Waals surface area contributed by atoms with Gasteiger partial charge in [-0.15, -0.1) is 11.3 Å². The molecule has 0 spiro atoms. The second kappa shape index (κ2) is 12.4. The predicted octanol–water partition coefficient (Wildman–Crippen LogP) is 8.87. The number of nitrogens with zero attached hydrogens (tertiary/aromatic N) is 1. The van der Waals surface area contributed by atoms with Gasteiger partial charge in [0.2, 0.25) is 0 Å². The zero-order valence-corrected chi connectivity index (χ0v) is 24.1. The van der Waals surface area contributed by atoms with E-state index in [1.807, 2.05) is 12.3 Å². The van der Waals surface area contributed by atoms with Gasteiger partial charge in [0.05, 0.1) is 10.6 Å². The number of nitrogen functional groups attached to an aromatic ring is 1. The fourth-order valence-electron chi connectivity index (χ4n) is 6.24. The van der Waals surface area contributed by atoms with Crippen LogP contribution in [0.4, 0.5) is 11.4 Å². The first-order valence-corrected chi connectivity index (χ1v) is 15.4. The lowest BCUT2D eigenvalue weighted by Crippen LogP contribution is -2.25. The van der Waals surface area contributed by atoms with Gasteiger partial charge in [0.15, 0.2) is 17.8 Å². The molecule has 0 saturated carbocycles. The first-order chi connectivity index (χ1) is 19.1. The minimum atomic E-state index is -0.0448. The molecule has 5 nitrogen and oxygen atoms in total. The van der Waals surface area contributed by atoms with Crippen LogP contribution in [0.5, 0.6) is 11.5 Å². The second-order valence-corrected chi connectivity index (χ2v) is 11.9. The summed E-state index contributed by atoms with van der Waals surface area (Å²) in [6.07, 6.45) is 14.8. The molecular formula is C33H40N2O3S. The third-order valence-electron chi connectivity index (χ3n) is 8.17. The van der Waals surface area contributed by atoms with Crippen LogP contribution in [0, 0.1) is 0 Å². The number of hydrogen-bond donors (Lipinski definition) is 1. The molecule has 1 aliphatic carbocycles. The lowest BCUT2D eigenvalue weighted by molar-refractivity contribution is 0.111. The number of carbonyl (C=O) groups excluding carboxylic acids is 1. The van der Waals surface area contributed by atoms with Crippen LogP contribution in [-0.4, -0.2) is 25.7 Å². The Morgan fingerprint density at radius 2 is 1.46 bits per heavy atom. The van der Waals surface area contributed by atoms with Crippen molar-refractivity contribution in [2.75, 3.05) is 18.9 Å². The second-order valence-electron chi connectivity index (χ2n) is 10.8. The molecule has 2 aliphatic rings. The van der Waals surface area contributed by atoms with Gasteiger partial charge in [0.1, 0.15) is 18.1 Å². The number of hydrogen-bond acceptors (Lipinski definition) is 6. The molecule has 1 aliphatic heterocycles. The minimum Gasteiger partial charge on any atom is -0.485 e. The van der Waals surface area contributed by atoms with E-state index in [1.165, 1.54) is 85.0 Å². The fraction of sp³-hybridized carbons (Fsp3) is 0.455. The highest BCUT2D eigenvalue weighted by Crippen LogP contribution is 2.55. The van der Waals surface area contributed by atoms with Crippen molar-refractivity contribution >= 4 is 35.2 Å². The van der Waals surface area contributed by atoms with E-state index in [0.717, 1.165) is 35.4 Å². The molecule has 6 heteroatoms. The predicted molar refractivity (Wildman–Crippen MR) is 163 cm³/mol. The normalized spacial score (nSPS) is 14.9. The SMILES string of the molecule is CCCCCCC1(CCCCCC)c2cc(N)ccc2-c2ccc(N=Cc3sc(C=O)c4c3OCCO4)cc21. The van der Waals surface area contributed by atoms with E-state index in [1.54, 1.807) is 0 Å². The highest BCUT2D eigenvalue weighted by atomic mass is 32.1. The molecule has 206 valence electrons. The largest absolute Gasteiger partial charge is 0.485 e. The molecule has 0 bridgehead atoms. The van der Waals surface area contributed by atoms with Crippen molar-refractivity contribution in [2.24, 2.45) is 4.99 Å². The van der Waals surface area contributed by atoms with E-state index in [9.17, 15) is 4.79 Å². The summed E-state index contributed by atoms with van der Waals surface area (Å²) in [5, 5.41) is 0. The third-order valence-corrected chi connectivity index (χ3v) is 9.18. The van der Waals surface area contributed by atoms with Crippen LogP contribution in [-0.2, 0) is 5.41 Å². The Morgan fingerprint density at radius 1 is 0.846 bits per heavy atom. The van der Waals surface area contributed by atoms with Crippen molar-refractivity contribution in [3.8, 4) is 22.6 Å². The van der Waals surface area contributed by atoms with Crippen LogP contribution in [0.2, 0.25) is 0 Å². The van der Waals surface area contributed by atoms with Crippen LogP contribution in [0.1, 0.15) is 104 Å². The van der Waals surface area contributed by atoms with Crippen LogP contribution >= 0.6 is 11.3 Å². The lowest BCUT2D eigenvalue weighted by atomic mass is 9.70. The number of aliphatic imine (C=N–C) groups is 1. The number of thiophene rings is 1. The van der Waals surface area contributed by atoms with Gasteiger partial charge in [-0.2, -0.15) is 0 Å². The molecule has 2 heterocycles. The summed E-state index contributed by atoms with van der Waals surface area (Å²) in [6, 6.07) is 13.1. The van der Waals surface area contributed by atoms with Crippen LogP contribution in [0.15, 0.2) is 41.4 Å². The van der Waals surface area contributed by atoms with Gasteiger partial charge in [-0.3, -0.25) is 9.79 Å². The van der Waals surface area contributed by atoms with E-state index in [-0.39, 0.29) is 5.41 Å². The number of ether oxygens (including phenoxy) is 2. The number of unbranched alkanes of at least 4 members (excludes halogenated alkanes) is 6. The summed E-state index contributed by atoms with van der Waals surface area (Å²) < 4.78 is 11.5. The molecule has 0 fully saturated rings. The van der Waals surface area contributed by atoms with Crippen molar-refractivity contribution in [1.82, 2.24) is 0 Å². The monoisotopic (exact) mass is 544 g/mol. The summed E-state index contributed by atoms with van der Waals surface area (Å²) in [6.45, 7) is 5.47. The average molecular weight is 545 g/mol.